The summed E-state index contributed by atoms with van der Waals surface area (Å²) < 4.78 is 41.3. The van der Waals surface area contributed by atoms with Crippen LogP contribution in [0.1, 0.15) is 21.5 Å². The Hall–Kier alpha value is -2.09. The van der Waals surface area contributed by atoms with E-state index in [1.807, 2.05) is 24.3 Å². The first-order chi connectivity index (χ1) is 13.8. The molecule has 0 unspecified atom stereocenters. The molecule has 0 saturated carbocycles. The fraction of sp³-hybridized carbons (Fsp3) is 0.381. The highest BCUT2D eigenvalue weighted by Crippen LogP contribution is 2.19. The van der Waals surface area contributed by atoms with Gasteiger partial charge in [-0.1, -0.05) is 41.9 Å². The molecule has 1 amide bonds. The van der Waals surface area contributed by atoms with Crippen LogP contribution in [-0.2, 0) is 17.9 Å². The average molecular weight is 427 g/mol. The van der Waals surface area contributed by atoms with Gasteiger partial charge >= 0.3 is 6.18 Å². The lowest BCUT2D eigenvalue weighted by Crippen LogP contribution is -2.48. The number of halogens is 4. The summed E-state index contributed by atoms with van der Waals surface area (Å²) in [7, 11) is 0. The van der Waals surface area contributed by atoms with Crippen molar-refractivity contribution in [1.29, 1.82) is 0 Å². The monoisotopic (exact) mass is 426 g/mol. The number of ether oxygens (including phenoxy) is 1. The number of rotatable bonds is 6. The molecule has 2 aromatic rings. The SMILES string of the molecule is O=C(c1cccc(COCC(F)(F)F)c1)N1CCN(Cc2ccccc2Cl)CC1. The number of hydrogen-bond acceptors (Lipinski definition) is 3. The van der Waals surface area contributed by atoms with Gasteiger partial charge in [0.1, 0.15) is 6.61 Å². The van der Waals surface area contributed by atoms with E-state index in [0.29, 0.717) is 24.2 Å². The largest absolute Gasteiger partial charge is 0.411 e. The molecule has 3 rings (SSSR count). The first-order valence-corrected chi connectivity index (χ1v) is 9.68. The van der Waals surface area contributed by atoms with Gasteiger partial charge in [0.2, 0.25) is 0 Å². The molecular weight excluding hydrogens is 405 g/mol. The molecule has 0 spiro atoms. The third kappa shape index (κ3) is 6.45. The van der Waals surface area contributed by atoms with Crippen molar-refractivity contribution in [3.63, 3.8) is 0 Å². The van der Waals surface area contributed by atoms with E-state index in [-0.39, 0.29) is 12.5 Å². The minimum Gasteiger partial charge on any atom is -0.367 e. The van der Waals surface area contributed by atoms with Crippen molar-refractivity contribution in [3.8, 4) is 0 Å². The molecule has 1 heterocycles. The first-order valence-electron chi connectivity index (χ1n) is 9.30. The fourth-order valence-electron chi connectivity index (χ4n) is 3.24. The highest BCUT2D eigenvalue weighted by Gasteiger charge is 2.27. The quantitative estimate of drug-likeness (QED) is 0.687. The van der Waals surface area contributed by atoms with Crippen molar-refractivity contribution in [1.82, 2.24) is 9.80 Å². The third-order valence-electron chi connectivity index (χ3n) is 4.72. The number of carbonyl (C=O) groups is 1. The molecule has 0 bridgehead atoms. The van der Waals surface area contributed by atoms with Crippen LogP contribution in [0.15, 0.2) is 48.5 Å². The normalized spacial score (nSPS) is 15.5. The third-order valence-corrected chi connectivity index (χ3v) is 5.09. The van der Waals surface area contributed by atoms with Crippen LogP contribution in [0, 0.1) is 0 Å². The van der Waals surface area contributed by atoms with Gasteiger partial charge in [-0.25, -0.2) is 0 Å². The molecule has 4 nitrogen and oxygen atoms in total. The van der Waals surface area contributed by atoms with Crippen LogP contribution in [0.4, 0.5) is 13.2 Å². The number of alkyl halides is 3. The maximum absolute atomic E-state index is 12.8. The topological polar surface area (TPSA) is 32.8 Å². The Balaban J connectivity index is 1.52. The molecule has 0 aromatic heterocycles. The van der Waals surface area contributed by atoms with E-state index in [0.717, 1.165) is 30.2 Å². The van der Waals surface area contributed by atoms with Crippen LogP contribution in [0.3, 0.4) is 0 Å². The van der Waals surface area contributed by atoms with Gasteiger partial charge in [0.25, 0.3) is 5.91 Å². The molecular formula is C21H22ClF3N2O2. The molecule has 156 valence electrons. The van der Waals surface area contributed by atoms with Gasteiger partial charge in [-0.2, -0.15) is 13.2 Å². The van der Waals surface area contributed by atoms with Gasteiger partial charge in [0.15, 0.2) is 0 Å². The lowest BCUT2D eigenvalue weighted by molar-refractivity contribution is -0.176. The maximum Gasteiger partial charge on any atom is 0.411 e. The van der Waals surface area contributed by atoms with Gasteiger partial charge in [-0.15, -0.1) is 0 Å². The van der Waals surface area contributed by atoms with E-state index >= 15 is 0 Å². The molecule has 0 N–H and O–H groups in total. The Labute approximate surface area is 172 Å². The molecule has 0 radical (unpaired) electrons. The number of nitrogens with zero attached hydrogens (tertiary/aromatic N) is 2. The molecule has 1 saturated heterocycles. The highest BCUT2D eigenvalue weighted by atomic mass is 35.5. The second-order valence-corrected chi connectivity index (χ2v) is 7.38. The first kappa shape index (κ1) is 21.6. The Morgan fingerprint density at radius 1 is 1.03 bits per heavy atom. The zero-order chi connectivity index (χ0) is 20.9. The summed E-state index contributed by atoms with van der Waals surface area (Å²) in [5.41, 5.74) is 2.05. The Kier molecular flexibility index (Phi) is 7.16. The summed E-state index contributed by atoms with van der Waals surface area (Å²) >= 11 is 6.21. The van der Waals surface area contributed by atoms with Crippen LogP contribution in [0.25, 0.3) is 0 Å². The van der Waals surface area contributed by atoms with E-state index in [1.54, 1.807) is 29.2 Å². The predicted molar refractivity (Wildman–Crippen MR) is 105 cm³/mol. The standard InChI is InChI=1S/C21H22ClF3N2O2/c22-19-7-2-1-5-18(19)13-26-8-10-27(11-9-26)20(28)17-6-3-4-16(12-17)14-29-15-21(23,24)25/h1-7,12H,8-11,13-15H2. The number of piperazine rings is 1. The Morgan fingerprint density at radius 3 is 2.45 bits per heavy atom. The van der Waals surface area contributed by atoms with Crippen LogP contribution in [-0.4, -0.2) is 54.7 Å². The smallest absolute Gasteiger partial charge is 0.367 e. The molecule has 1 fully saturated rings. The molecule has 29 heavy (non-hydrogen) atoms. The van der Waals surface area contributed by atoms with Crippen molar-refractivity contribution in [2.45, 2.75) is 19.3 Å². The van der Waals surface area contributed by atoms with Gasteiger partial charge in [0.05, 0.1) is 6.61 Å². The average Bonchev–Trinajstić information content (AvgIpc) is 2.69. The molecule has 1 aliphatic rings. The van der Waals surface area contributed by atoms with E-state index in [9.17, 15) is 18.0 Å². The van der Waals surface area contributed by atoms with Crippen molar-refractivity contribution in [2.24, 2.45) is 0 Å². The maximum atomic E-state index is 12.8. The summed E-state index contributed by atoms with van der Waals surface area (Å²) in [6.45, 7) is 1.85. The van der Waals surface area contributed by atoms with Crippen molar-refractivity contribution in [3.05, 3.63) is 70.2 Å². The minimum absolute atomic E-state index is 0.125. The minimum atomic E-state index is -4.36. The highest BCUT2D eigenvalue weighted by molar-refractivity contribution is 6.31. The lowest BCUT2D eigenvalue weighted by Gasteiger charge is -2.35. The number of benzene rings is 2. The summed E-state index contributed by atoms with van der Waals surface area (Å²) in [5.74, 6) is -0.125. The number of hydrogen-bond donors (Lipinski definition) is 0. The summed E-state index contributed by atoms with van der Waals surface area (Å²) in [4.78, 5) is 16.8. The van der Waals surface area contributed by atoms with Gasteiger partial charge in [0, 0.05) is 43.3 Å². The van der Waals surface area contributed by atoms with Crippen LogP contribution >= 0.6 is 11.6 Å². The summed E-state index contributed by atoms with van der Waals surface area (Å²) in [5, 5.41) is 0.732. The predicted octanol–water partition coefficient (Wildman–Crippen LogP) is 4.38. The van der Waals surface area contributed by atoms with Gasteiger partial charge < -0.3 is 9.64 Å². The van der Waals surface area contributed by atoms with Crippen LogP contribution in [0.5, 0.6) is 0 Å². The lowest BCUT2D eigenvalue weighted by atomic mass is 10.1. The fourth-order valence-corrected chi connectivity index (χ4v) is 3.43. The molecule has 0 atom stereocenters. The molecule has 1 aliphatic heterocycles. The van der Waals surface area contributed by atoms with Gasteiger partial charge in [-0.3, -0.25) is 9.69 Å². The second kappa shape index (κ2) is 9.61. The van der Waals surface area contributed by atoms with E-state index in [4.69, 9.17) is 11.6 Å². The Bertz CT molecular complexity index is 837. The number of amides is 1. The van der Waals surface area contributed by atoms with Crippen LogP contribution < -0.4 is 0 Å². The van der Waals surface area contributed by atoms with E-state index in [1.165, 1.54) is 0 Å². The molecule has 2 aromatic carbocycles. The second-order valence-electron chi connectivity index (χ2n) is 6.97. The summed E-state index contributed by atoms with van der Waals surface area (Å²) in [6.07, 6.45) is -4.36. The molecule has 8 heteroatoms. The Morgan fingerprint density at radius 2 is 1.76 bits per heavy atom. The zero-order valence-corrected chi connectivity index (χ0v) is 16.5. The van der Waals surface area contributed by atoms with Crippen LogP contribution in [0.2, 0.25) is 5.02 Å². The van der Waals surface area contributed by atoms with Crippen molar-refractivity contribution >= 4 is 17.5 Å². The van der Waals surface area contributed by atoms with E-state index in [2.05, 4.69) is 9.64 Å². The number of carbonyl (C=O) groups excluding carboxylic acids is 1. The van der Waals surface area contributed by atoms with Crippen molar-refractivity contribution in [2.75, 3.05) is 32.8 Å². The van der Waals surface area contributed by atoms with Gasteiger partial charge in [-0.05, 0) is 29.3 Å². The molecule has 0 aliphatic carbocycles. The van der Waals surface area contributed by atoms with E-state index < -0.39 is 12.8 Å². The van der Waals surface area contributed by atoms with Crippen molar-refractivity contribution < 1.29 is 22.7 Å². The summed E-state index contributed by atoms with van der Waals surface area (Å²) in [6, 6.07) is 14.3. The zero-order valence-electron chi connectivity index (χ0n) is 15.8.